The van der Waals surface area contributed by atoms with Crippen molar-refractivity contribution in [2.75, 3.05) is 12.1 Å². The van der Waals surface area contributed by atoms with Gasteiger partial charge in [0.2, 0.25) is 0 Å². The molecule has 0 aliphatic rings. The largest absolute Gasteiger partial charge is 0.313 e. The van der Waals surface area contributed by atoms with Crippen LogP contribution in [0.3, 0.4) is 0 Å². The SMILES string of the molecule is CN(N)c1cccc(Cl)c1C#N. The summed E-state index contributed by atoms with van der Waals surface area (Å²) >= 11 is 5.77. The van der Waals surface area contributed by atoms with Crippen molar-refractivity contribution in [3.05, 3.63) is 28.8 Å². The molecule has 62 valence electrons. The highest BCUT2D eigenvalue weighted by atomic mass is 35.5. The van der Waals surface area contributed by atoms with Crippen LogP contribution in [0, 0.1) is 11.3 Å². The van der Waals surface area contributed by atoms with Crippen LogP contribution in [0.4, 0.5) is 5.69 Å². The molecule has 0 unspecified atom stereocenters. The molecule has 3 nitrogen and oxygen atoms in total. The summed E-state index contributed by atoms with van der Waals surface area (Å²) < 4.78 is 0. The number of nitrogens with two attached hydrogens (primary N) is 1. The molecule has 0 aliphatic heterocycles. The van der Waals surface area contributed by atoms with E-state index in [0.29, 0.717) is 16.3 Å². The second kappa shape index (κ2) is 3.44. The van der Waals surface area contributed by atoms with Gasteiger partial charge in [0.25, 0.3) is 0 Å². The number of halogens is 1. The van der Waals surface area contributed by atoms with Crippen LogP contribution in [0.1, 0.15) is 5.56 Å². The molecule has 1 aromatic carbocycles. The third-order valence-corrected chi connectivity index (χ3v) is 1.80. The van der Waals surface area contributed by atoms with Crippen molar-refractivity contribution in [3.63, 3.8) is 0 Å². The Hall–Kier alpha value is -1.24. The quantitative estimate of drug-likeness (QED) is 0.528. The van der Waals surface area contributed by atoms with Crippen LogP contribution in [0.25, 0.3) is 0 Å². The third-order valence-electron chi connectivity index (χ3n) is 1.48. The number of benzene rings is 1. The molecule has 0 bridgehead atoms. The number of hydrazine groups is 1. The van der Waals surface area contributed by atoms with Crippen LogP contribution in [0.2, 0.25) is 5.02 Å². The van der Waals surface area contributed by atoms with Crippen molar-refractivity contribution >= 4 is 17.3 Å². The summed E-state index contributed by atoms with van der Waals surface area (Å²) in [5.41, 5.74) is 1.04. The summed E-state index contributed by atoms with van der Waals surface area (Å²) in [6.45, 7) is 0. The molecule has 0 aliphatic carbocycles. The summed E-state index contributed by atoms with van der Waals surface area (Å²) in [5, 5.41) is 10.5. The van der Waals surface area contributed by atoms with Gasteiger partial charge in [0.15, 0.2) is 0 Å². The molecule has 12 heavy (non-hydrogen) atoms. The minimum absolute atomic E-state index is 0.407. The Bertz CT molecular complexity index is 328. The highest BCUT2D eigenvalue weighted by Gasteiger charge is 2.06. The van der Waals surface area contributed by atoms with Gasteiger partial charge in [0, 0.05) is 7.05 Å². The molecule has 0 radical (unpaired) electrons. The van der Waals surface area contributed by atoms with Crippen molar-refractivity contribution in [1.29, 1.82) is 5.26 Å². The van der Waals surface area contributed by atoms with Gasteiger partial charge in [0.05, 0.1) is 16.3 Å². The first-order chi connectivity index (χ1) is 5.66. The standard InChI is InChI=1S/C8H8ClN3/c1-12(11)8-4-2-3-7(9)6(8)5-10/h2-4H,11H2,1H3. The second-order valence-corrected chi connectivity index (χ2v) is 2.76. The average Bonchev–Trinajstić information content (AvgIpc) is 2.03. The lowest BCUT2D eigenvalue weighted by molar-refractivity contribution is 1.01. The Kier molecular flexibility index (Phi) is 2.54. The minimum Gasteiger partial charge on any atom is -0.313 e. The molecule has 0 saturated heterocycles. The van der Waals surface area contributed by atoms with Crippen LogP contribution in [0.5, 0.6) is 0 Å². The summed E-state index contributed by atoms with van der Waals surface area (Å²) in [4.78, 5) is 0. The first-order valence-corrected chi connectivity index (χ1v) is 3.71. The van der Waals surface area contributed by atoms with Crippen LogP contribution in [-0.4, -0.2) is 7.05 Å². The van der Waals surface area contributed by atoms with E-state index in [-0.39, 0.29) is 0 Å². The van der Waals surface area contributed by atoms with Gasteiger partial charge >= 0.3 is 0 Å². The lowest BCUT2D eigenvalue weighted by atomic mass is 10.2. The van der Waals surface area contributed by atoms with Gasteiger partial charge in [-0.3, -0.25) is 0 Å². The highest BCUT2D eigenvalue weighted by Crippen LogP contribution is 2.24. The Morgan fingerprint density at radius 3 is 2.67 bits per heavy atom. The highest BCUT2D eigenvalue weighted by molar-refractivity contribution is 6.32. The minimum atomic E-state index is 0.407. The third kappa shape index (κ3) is 1.50. The van der Waals surface area contributed by atoms with Crippen molar-refractivity contribution in [1.82, 2.24) is 0 Å². The Balaban J connectivity index is 3.30. The molecule has 0 heterocycles. The van der Waals surface area contributed by atoms with Gasteiger partial charge in [-0.05, 0) is 12.1 Å². The molecule has 0 spiro atoms. The van der Waals surface area contributed by atoms with Gasteiger partial charge in [-0.25, -0.2) is 5.84 Å². The molecule has 1 aromatic rings. The fraction of sp³-hybridized carbons (Fsp3) is 0.125. The number of rotatable bonds is 1. The number of hydrogen-bond donors (Lipinski definition) is 1. The molecular weight excluding hydrogens is 174 g/mol. The van der Waals surface area contributed by atoms with E-state index in [2.05, 4.69) is 0 Å². The molecule has 0 fully saturated rings. The lowest BCUT2D eigenvalue weighted by Gasteiger charge is -2.13. The summed E-state index contributed by atoms with van der Waals surface area (Å²) in [6, 6.07) is 7.14. The molecule has 0 amide bonds. The van der Waals surface area contributed by atoms with Crippen LogP contribution in [-0.2, 0) is 0 Å². The van der Waals surface area contributed by atoms with Crippen molar-refractivity contribution in [2.24, 2.45) is 5.84 Å². The topological polar surface area (TPSA) is 53.0 Å². The van der Waals surface area contributed by atoms with Gasteiger partial charge < -0.3 is 5.01 Å². The second-order valence-electron chi connectivity index (χ2n) is 2.36. The van der Waals surface area contributed by atoms with E-state index in [1.165, 1.54) is 5.01 Å². The Labute approximate surface area is 75.9 Å². The van der Waals surface area contributed by atoms with Crippen molar-refractivity contribution < 1.29 is 0 Å². The smallest absolute Gasteiger partial charge is 0.103 e. The van der Waals surface area contributed by atoms with Crippen LogP contribution < -0.4 is 10.9 Å². The van der Waals surface area contributed by atoms with Crippen molar-refractivity contribution in [3.8, 4) is 6.07 Å². The molecule has 0 atom stereocenters. The fourth-order valence-corrected chi connectivity index (χ4v) is 1.13. The number of anilines is 1. The molecule has 2 N–H and O–H groups in total. The zero-order valence-corrected chi connectivity index (χ0v) is 7.34. The number of hydrogen-bond acceptors (Lipinski definition) is 3. The molecule has 1 rings (SSSR count). The molecule has 4 heteroatoms. The number of nitriles is 1. The van der Waals surface area contributed by atoms with Gasteiger partial charge in [-0.2, -0.15) is 5.26 Å². The lowest BCUT2D eigenvalue weighted by Crippen LogP contribution is -2.25. The van der Waals surface area contributed by atoms with E-state index in [1.807, 2.05) is 6.07 Å². The van der Waals surface area contributed by atoms with E-state index >= 15 is 0 Å². The van der Waals surface area contributed by atoms with E-state index in [1.54, 1.807) is 25.2 Å². The number of nitrogens with zero attached hydrogens (tertiary/aromatic N) is 2. The van der Waals surface area contributed by atoms with E-state index < -0.39 is 0 Å². The van der Waals surface area contributed by atoms with E-state index in [4.69, 9.17) is 22.7 Å². The summed E-state index contributed by atoms with van der Waals surface area (Å²) in [7, 11) is 1.66. The Morgan fingerprint density at radius 1 is 1.58 bits per heavy atom. The van der Waals surface area contributed by atoms with Gasteiger partial charge in [-0.15, -0.1) is 0 Å². The van der Waals surface area contributed by atoms with Crippen LogP contribution >= 0.6 is 11.6 Å². The zero-order chi connectivity index (χ0) is 9.14. The normalized spacial score (nSPS) is 9.17. The van der Waals surface area contributed by atoms with E-state index in [9.17, 15) is 0 Å². The maximum atomic E-state index is 8.73. The summed E-state index contributed by atoms with van der Waals surface area (Å²) in [5.74, 6) is 5.48. The maximum Gasteiger partial charge on any atom is 0.103 e. The predicted octanol–water partition coefficient (Wildman–Crippen LogP) is 1.52. The first kappa shape index (κ1) is 8.85. The predicted molar refractivity (Wildman–Crippen MR) is 48.8 cm³/mol. The molecule has 0 saturated carbocycles. The van der Waals surface area contributed by atoms with Crippen LogP contribution in [0.15, 0.2) is 18.2 Å². The Morgan fingerprint density at radius 2 is 2.25 bits per heavy atom. The monoisotopic (exact) mass is 181 g/mol. The summed E-state index contributed by atoms with van der Waals surface area (Å²) in [6.07, 6.45) is 0. The average molecular weight is 182 g/mol. The van der Waals surface area contributed by atoms with Gasteiger partial charge in [-0.1, -0.05) is 17.7 Å². The molecule has 0 aromatic heterocycles. The first-order valence-electron chi connectivity index (χ1n) is 3.34. The molecular formula is C8H8ClN3. The van der Waals surface area contributed by atoms with E-state index in [0.717, 1.165) is 0 Å². The van der Waals surface area contributed by atoms with Gasteiger partial charge in [0.1, 0.15) is 6.07 Å². The zero-order valence-electron chi connectivity index (χ0n) is 6.58. The fourth-order valence-electron chi connectivity index (χ4n) is 0.917. The van der Waals surface area contributed by atoms with Crippen molar-refractivity contribution in [2.45, 2.75) is 0 Å². The maximum absolute atomic E-state index is 8.73.